The summed E-state index contributed by atoms with van der Waals surface area (Å²) in [4.78, 5) is 13.3. The Labute approximate surface area is 482 Å². The van der Waals surface area contributed by atoms with Crippen LogP contribution in [0.25, 0.3) is 0 Å². The lowest BCUT2D eigenvalue weighted by Gasteiger charge is -2.37. The smallest absolute Gasteiger partial charge is 0.421 e. The topological polar surface area (TPSA) is 253 Å². The molecule has 8 aromatic rings. The molecule has 0 amide bonds. The Morgan fingerprint density at radius 1 is 0.519 bits per heavy atom. The summed E-state index contributed by atoms with van der Waals surface area (Å²) in [5.41, 5.74) is 8.15. The lowest BCUT2D eigenvalue weighted by molar-refractivity contribution is -0.670. The predicted octanol–water partition coefficient (Wildman–Crippen LogP) is 1.89. The van der Waals surface area contributed by atoms with Crippen LogP contribution in [-0.4, -0.2) is 91.4 Å². The van der Waals surface area contributed by atoms with Crippen molar-refractivity contribution < 1.29 is 66.7 Å². The average Bonchev–Trinajstić information content (AvgIpc) is 3.97. The summed E-state index contributed by atoms with van der Waals surface area (Å²) in [6.07, 6.45) is 15.6. The number of aryl methyl sites for hydroxylation is 5. The van der Waals surface area contributed by atoms with Gasteiger partial charge in [-0.25, -0.2) is 31.3 Å². The standard InChI is InChI=1S/C27H30N9O.C26H27N9O.CH4O4S.2ClH/c1-32-12-4-5-22(20-32)29-30-25-11-10-24(19-26(25)37)36-17-15-35(16-18-36)23-8-6-21(7-9-23)28-31-27-33(2)13-14-34(27)3;1-32-12-13-33(2)26(32)31-28-20-5-7-22(8-6-20)34-14-16-35(17-15-34)23-9-10-24(25(36)18-23)30-29-21-4-3-11-27-19-21;1-6(3,4)5-2;;/h4-14,19-20H,15-18H2,1-3H3;3-13,18-19H,14-17H2,1-2H3;2H,1H3;2*1H/q+1;;;;/p-1. The molecule has 2 aliphatic heterocycles. The molecule has 24 nitrogen and oxygen atoms in total. The van der Waals surface area contributed by atoms with Crippen molar-refractivity contribution in [3.63, 3.8) is 0 Å². The molecule has 10 rings (SSSR count). The fraction of sp³-hybridized carbons (Fsp3) is 0.259. The number of anilines is 4. The van der Waals surface area contributed by atoms with Crippen molar-refractivity contribution in [2.24, 2.45) is 76.2 Å². The van der Waals surface area contributed by atoms with E-state index in [1.807, 2.05) is 156 Å². The summed E-state index contributed by atoms with van der Waals surface area (Å²) in [5, 5.41) is 64.0. The summed E-state index contributed by atoms with van der Waals surface area (Å²) in [6.45, 7) is 6.93. The van der Waals surface area contributed by atoms with Crippen molar-refractivity contribution in [3.05, 3.63) is 159 Å². The molecule has 0 spiro atoms. The number of halogens is 2. The van der Waals surface area contributed by atoms with Crippen LogP contribution in [0.5, 0.6) is 11.5 Å². The third kappa shape index (κ3) is 17.4. The fourth-order valence-electron chi connectivity index (χ4n) is 8.41. The van der Waals surface area contributed by atoms with Crippen molar-refractivity contribution in [1.29, 1.82) is 0 Å². The van der Waals surface area contributed by atoms with Gasteiger partial charge in [-0.2, -0.15) is 0 Å². The Kier molecular flexibility index (Phi) is 22.0. The minimum absolute atomic E-state index is 0. The highest BCUT2D eigenvalue weighted by molar-refractivity contribution is 7.85. The maximum Gasteiger partial charge on any atom is 0.421 e. The lowest BCUT2D eigenvalue weighted by atomic mass is 10.2. The van der Waals surface area contributed by atoms with Gasteiger partial charge >= 0.3 is 11.9 Å². The second kappa shape index (κ2) is 28.9. The van der Waals surface area contributed by atoms with Gasteiger partial charge in [-0.3, -0.25) is 4.98 Å². The van der Waals surface area contributed by atoms with E-state index >= 15 is 0 Å². The SMILES string of the molecule is CS(=O)(=O)O[O-].Cn1cc[n+](C)c1N=Nc1ccc(N2CCN(c3ccc(N=Nc4ccc[n+](C)c4)c(O)c3)CC2)cc1.Cn1cc[n+](C)c1N=Nc1ccc(N2CCN(c3ccc(N=Nc4cccnc4)c(O)c3)CC2)cc1.[Cl-].[Cl-]. The highest BCUT2D eigenvalue weighted by Gasteiger charge is 2.21. The van der Waals surface area contributed by atoms with Gasteiger partial charge in [0.05, 0.1) is 65.4 Å². The molecule has 0 unspecified atom stereocenters. The maximum atomic E-state index is 10.5. The average molecular weight is 1160 g/mol. The van der Waals surface area contributed by atoms with Crippen molar-refractivity contribution in [2.75, 3.05) is 78.2 Å². The molecule has 0 aliphatic carbocycles. The van der Waals surface area contributed by atoms with Crippen LogP contribution in [0.4, 0.5) is 68.8 Å². The van der Waals surface area contributed by atoms with Crippen LogP contribution in [0.15, 0.2) is 200 Å². The molecule has 2 aliphatic rings. The van der Waals surface area contributed by atoms with Gasteiger partial charge in [0, 0.05) is 110 Å². The van der Waals surface area contributed by atoms with E-state index in [0.717, 1.165) is 104 Å². The zero-order valence-electron chi connectivity index (χ0n) is 45.4. The van der Waals surface area contributed by atoms with Crippen LogP contribution >= 0.6 is 0 Å². The van der Waals surface area contributed by atoms with Gasteiger partial charge in [0.25, 0.3) is 10.1 Å². The van der Waals surface area contributed by atoms with E-state index in [1.54, 1.807) is 36.7 Å². The number of azo groups is 4. The Bertz CT molecular complexity index is 3510. The number of phenolic OH excluding ortho intramolecular Hbond substituents is 2. The van der Waals surface area contributed by atoms with Gasteiger partial charge in [0.1, 0.15) is 52.7 Å². The highest BCUT2D eigenvalue weighted by atomic mass is 35.5. The summed E-state index contributed by atoms with van der Waals surface area (Å²) in [5.74, 6) is 1.80. The number of rotatable bonds is 13. The molecule has 2 saturated heterocycles. The van der Waals surface area contributed by atoms with Gasteiger partial charge < -0.3 is 64.2 Å². The van der Waals surface area contributed by atoms with Crippen LogP contribution in [0.1, 0.15) is 0 Å². The first-order chi connectivity index (χ1) is 38.1. The normalized spacial score (nSPS) is 13.7. The number of phenols is 2. The maximum absolute atomic E-state index is 10.5. The van der Waals surface area contributed by atoms with Crippen molar-refractivity contribution in [3.8, 4) is 11.5 Å². The van der Waals surface area contributed by atoms with E-state index in [0.29, 0.717) is 23.3 Å². The molecule has 81 heavy (non-hydrogen) atoms. The molecule has 0 bridgehead atoms. The molecule has 4 aromatic carbocycles. The highest BCUT2D eigenvalue weighted by Crippen LogP contribution is 2.35. The third-order valence-corrected chi connectivity index (χ3v) is 12.9. The molecule has 0 atom stereocenters. The first-order valence-electron chi connectivity index (χ1n) is 25.0. The Morgan fingerprint density at radius 2 is 0.901 bits per heavy atom. The second-order valence-corrected chi connectivity index (χ2v) is 20.0. The first-order valence-corrected chi connectivity index (χ1v) is 26.8. The van der Waals surface area contributed by atoms with Crippen LogP contribution in [0, 0.1) is 0 Å². The minimum Gasteiger partial charge on any atom is -1.00 e. The number of aromatic nitrogens is 6. The largest absolute Gasteiger partial charge is 1.00 e. The zero-order chi connectivity index (χ0) is 55.9. The van der Waals surface area contributed by atoms with Gasteiger partial charge in [-0.05, 0) is 91.0 Å². The first kappa shape index (κ1) is 61.5. The monoisotopic (exact) mass is 1160 g/mol. The molecule has 4 aromatic heterocycles. The molecular formula is C54H62Cl2N18O6S. The van der Waals surface area contributed by atoms with Crippen LogP contribution in [-0.2, 0) is 49.7 Å². The Balaban J connectivity index is 0.000000232. The zero-order valence-corrected chi connectivity index (χ0v) is 47.7. The quantitative estimate of drug-likeness (QED) is 0.0730. The van der Waals surface area contributed by atoms with Gasteiger partial charge in [0.2, 0.25) is 0 Å². The number of benzene rings is 4. The van der Waals surface area contributed by atoms with E-state index in [1.165, 1.54) is 0 Å². The molecule has 6 heterocycles. The number of aromatic hydroxyl groups is 2. The van der Waals surface area contributed by atoms with Crippen LogP contribution < -0.4 is 63.4 Å². The third-order valence-electron chi connectivity index (χ3n) is 12.7. The molecule has 424 valence electrons. The predicted molar refractivity (Wildman–Crippen MR) is 296 cm³/mol. The lowest BCUT2D eigenvalue weighted by Crippen LogP contribution is -3.00. The van der Waals surface area contributed by atoms with Crippen LogP contribution in [0.3, 0.4) is 0 Å². The number of imidazole rings is 2. The van der Waals surface area contributed by atoms with E-state index in [2.05, 4.69) is 94.1 Å². The van der Waals surface area contributed by atoms with Crippen molar-refractivity contribution >= 4 is 78.9 Å². The number of hydrogen-bond donors (Lipinski definition) is 2. The number of piperazine rings is 2. The van der Waals surface area contributed by atoms with Crippen molar-refractivity contribution in [2.45, 2.75) is 0 Å². The summed E-state index contributed by atoms with van der Waals surface area (Å²) >= 11 is 0. The molecular weight excluding hydrogens is 1100 g/mol. The van der Waals surface area contributed by atoms with Gasteiger partial charge in [-0.1, -0.05) is 10.2 Å². The second-order valence-electron chi connectivity index (χ2n) is 18.5. The molecule has 27 heteroatoms. The summed E-state index contributed by atoms with van der Waals surface area (Å²) in [7, 11) is 6.00. The number of pyridine rings is 2. The fourth-order valence-corrected chi connectivity index (χ4v) is 8.41. The number of hydrogen-bond acceptors (Lipinski definition) is 19. The van der Waals surface area contributed by atoms with E-state index in [-0.39, 0.29) is 36.3 Å². The summed E-state index contributed by atoms with van der Waals surface area (Å²) < 4.78 is 31.2. The van der Waals surface area contributed by atoms with E-state index in [4.69, 9.17) is 5.26 Å². The molecule has 0 saturated carbocycles. The molecule has 0 radical (unpaired) electrons. The molecule has 2 N–H and O–H groups in total. The molecule has 2 fully saturated rings. The van der Waals surface area contributed by atoms with Gasteiger partial charge in [-0.15, -0.1) is 20.5 Å². The van der Waals surface area contributed by atoms with E-state index < -0.39 is 10.1 Å². The van der Waals surface area contributed by atoms with Crippen LogP contribution in [0.2, 0.25) is 0 Å². The minimum atomic E-state index is -3.72. The Hall–Kier alpha value is -8.75. The van der Waals surface area contributed by atoms with E-state index in [9.17, 15) is 18.6 Å². The Morgan fingerprint density at radius 3 is 1.26 bits per heavy atom. The number of nitrogens with zero attached hydrogens (tertiary/aromatic N) is 18. The van der Waals surface area contributed by atoms with Crippen molar-refractivity contribution in [1.82, 2.24) is 14.1 Å². The summed E-state index contributed by atoms with van der Waals surface area (Å²) in [6, 6.07) is 34.8. The van der Waals surface area contributed by atoms with Gasteiger partial charge in [0.15, 0.2) is 12.4 Å².